The van der Waals surface area contributed by atoms with Crippen molar-refractivity contribution in [3.05, 3.63) is 0 Å². The Kier molecular flexibility index (Phi) is 3.60. The van der Waals surface area contributed by atoms with Crippen LogP contribution < -0.4 is 0 Å². The minimum Gasteiger partial charge on any atom is -0.353 e. The number of piperidine rings is 1. The van der Waals surface area contributed by atoms with E-state index >= 15 is 0 Å². The van der Waals surface area contributed by atoms with Gasteiger partial charge in [-0.05, 0) is 48.3 Å². The smallest absolute Gasteiger partial charge is 0.272 e. The molecule has 1 N–H and O–H groups in total. The molecular formula is C11H21INO2+. The van der Waals surface area contributed by atoms with Crippen LogP contribution in [0.1, 0.15) is 32.1 Å². The van der Waals surface area contributed by atoms with Crippen LogP contribution in [0.25, 0.3) is 0 Å². The first-order valence-electron chi connectivity index (χ1n) is 5.94. The maximum Gasteiger partial charge on any atom is 0.272 e. The minimum absolute atomic E-state index is 0.257. The monoisotopic (exact) mass is 326 g/mol. The lowest BCUT2D eigenvalue weighted by Gasteiger charge is -2.49. The van der Waals surface area contributed by atoms with Gasteiger partial charge in [-0.15, -0.1) is 0 Å². The molecular weight excluding hydrogens is 305 g/mol. The normalized spacial score (nSPS) is 41.4. The molecule has 0 aromatic heterocycles. The topological polar surface area (TPSA) is 29.5 Å². The third kappa shape index (κ3) is 2.48. The van der Waals surface area contributed by atoms with Crippen molar-refractivity contribution in [3.63, 3.8) is 0 Å². The van der Waals surface area contributed by atoms with Crippen LogP contribution in [0.3, 0.4) is 0 Å². The van der Waals surface area contributed by atoms with Gasteiger partial charge in [-0.3, -0.25) is 0 Å². The summed E-state index contributed by atoms with van der Waals surface area (Å²) in [4.78, 5) is 0. The summed E-state index contributed by atoms with van der Waals surface area (Å²) in [5.41, 5.74) is 0. The van der Waals surface area contributed by atoms with Gasteiger partial charge >= 0.3 is 0 Å². The zero-order chi connectivity index (χ0) is 10.9. The van der Waals surface area contributed by atoms with Gasteiger partial charge in [0.2, 0.25) is 0 Å². The molecule has 0 aromatic carbocycles. The molecule has 2 fully saturated rings. The summed E-state index contributed by atoms with van der Waals surface area (Å²) < 4.78 is 5.58. The summed E-state index contributed by atoms with van der Waals surface area (Å²) in [5.74, 6) is 0. The Morgan fingerprint density at radius 1 is 1.27 bits per heavy atom. The third-order valence-electron chi connectivity index (χ3n) is 3.93. The second kappa shape index (κ2) is 4.47. The van der Waals surface area contributed by atoms with Crippen LogP contribution in [-0.2, 0) is 4.74 Å². The van der Waals surface area contributed by atoms with Crippen molar-refractivity contribution in [2.24, 2.45) is 0 Å². The van der Waals surface area contributed by atoms with E-state index in [1.54, 1.807) is 0 Å². The molecule has 0 radical (unpaired) electrons. The summed E-state index contributed by atoms with van der Waals surface area (Å²) in [7, 11) is 2.28. The highest BCUT2D eigenvalue weighted by Crippen LogP contribution is 2.37. The van der Waals surface area contributed by atoms with Crippen LogP contribution in [-0.4, -0.2) is 46.2 Å². The fourth-order valence-electron chi connectivity index (χ4n) is 3.01. The zero-order valence-electron chi connectivity index (χ0n) is 9.41. The van der Waals surface area contributed by atoms with Crippen molar-refractivity contribution < 1.29 is 14.3 Å². The van der Waals surface area contributed by atoms with Gasteiger partial charge in [-0.1, -0.05) is 0 Å². The van der Waals surface area contributed by atoms with Crippen molar-refractivity contribution in [2.75, 3.05) is 26.7 Å². The summed E-state index contributed by atoms with van der Waals surface area (Å²) >= 11 is 2.08. The van der Waals surface area contributed by atoms with E-state index in [-0.39, 0.29) is 6.04 Å². The molecule has 0 bridgehead atoms. The Labute approximate surface area is 106 Å². The molecule has 2 saturated heterocycles. The average Bonchev–Trinajstić information content (AvgIpc) is 2.17. The summed E-state index contributed by atoms with van der Waals surface area (Å²) in [6, 6.07) is 0.257. The summed E-state index contributed by atoms with van der Waals surface area (Å²) in [5, 5.41) is 10.3. The van der Waals surface area contributed by atoms with Gasteiger partial charge in [0, 0.05) is 6.42 Å². The lowest BCUT2D eigenvalue weighted by Crippen LogP contribution is -2.64. The number of hydrogen-bond acceptors (Lipinski definition) is 2. The first-order chi connectivity index (χ1) is 7.05. The van der Waals surface area contributed by atoms with E-state index in [4.69, 9.17) is 4.74 Å². The predicted molar refractivity (Wildman–Crippen MR) is 67.7 cm³/mol. The number of likely N-dealkylation sites (tertiary alicyclic amines) is 1. The number of ether oxygens (including phenoxy) is 1. The number of hydrogen-bond donors (Lipinski definition) is 1. The van der Waals surface area contributed by atoms with Crippen LogP contribution in [0.2, 0.25) is 0 Å². The van der Waals surface area contributed by atoms with E-state index in [0.29, 0.717) is 6.61 Å². The fourth-order valence-corrected chi connectivity index (χ4v) is 4.21. The molecule has 2 heterocycles. The van der Waals surface area contributed by atoms with Gasteiger partial charge in [-0.2, -0.15) is 0 Å². The van der Waals surface area contributed by atoms with Gasteiger partial charge in [0.25, 0.3) is 3.79 Å². The largest absolute Gasteiger partial charge is 0.353 e. The highest BCUT2D eigenvalue weighted by molar-refractivity contribution is 14.1. The quantitative estimate of drug-likeness (QED) is 0.453. The Hall–Kier alpha value is 0.610. The molecule has 2 atom stereocenters. The Bertz CT molecular complexity index is 227. The minimum atomic E-state index is -0.942. The third-order valence-corrected chi connectivity index (χ3v) is 4.96. The van der Waals surface area contributed by atoms with Crippen molar-refractivity contribution in [3.8, 4) is 0 Å². The zero-order valence-corrected chi connectivity index (χ0v) is 11.6. The number of aliphatic hydroxyl groups is 1. The number of halogens is 1. The van der Waals surface area contributed by atoms with E-state index in [1.165, 1.54) is 32.4 Å². The van der Waals surface area contributed by atoms with Crippen molar-refractivity contribution in [2.45, 2.75) is 41.9 Å². The van der Waals surface area contributed by atoms with E-state index in [9.17, 15) is 5.11 Å². The van der Waals surface area contributed by atoms with Crippen LogP contribution in [0.15, 0.2) is 0 Å². The number of nitrogens with zero attached hydrogens (tertiary/aromatic N) is 1. The molecule has 2 aliphatic rings. The summed E-state index contributed by atoms with van der Waals surface area (Å²) in [6.07, 6.45) is 6.11. The van der Waals surface area contributed by atoms with E-state index in [2.05, 4.69) is 29.6 Å². The maximum atomic E-state index is 10.3. The molecule has 0 aromatic rings. The fraction of sp³-hybridized carbons (Fsp3) is 1.00. The van der Waals surface area contributed by atoms with Crippen LogP contribution >= 0.6 is 22.6 Å². The molecule has 2 aliphatic heterocycles. The molecule has 15 heavy (non-hydrogen) atoms. The van der Waals surface area contributed by atoms with Crippen LogP contribution in [0.4, 0.5) is 0 Å². The molecule has 3 nitrogen and oxygen atoms in total. The molecule has 2 unspecified atom stereocenters. The van der Waals surface area contributed by atoms with Crippen molar-refractivity contribution in [1.82, 2.24) is 0 Å². The Balaban J connectivity index is 2.12. The van der Waals surface area contributed by atoms with Crippen LogP contribution in [0, 0.1) is 0 Å². The average molecular weight is 326 g/mol. The molecule has 0 saturated carbocycles. The van der Waals surface area contributed by atoms with E-state index in [0.717, 1.165) is 17.3 Å². The van der Waals surface area contributed by atoms with Gasteiger partial charge in [0.15, 0.2) is 6.04 Å². The van der Waals surface area contributed by atoms with Gasteiger partial charge in [0.05, 0.1) is 26.7 Å². The van der Waals surface area contributed by atoms with Crippen LogP contribution in [0.5, 0.6) is 0 Å². The van der Waals surface area contributed by atoms with Crippen molar-refractivity contribution >= 4 is 22.6 Å². The first-order valence-corrected chi connectivity index (χ1v) is 7.02. The van der Waals surface area contributed by atoms with Gasteiger partial charge < -0.3 is 14.3 Å². The van der Waals surface area contributed by atoms with Crippen molar-refractivity contribution in [1.29, 1.82) is 0 Å². The van der Waals surface area contributed by atoms with Gasteiger partial charge in [-0.25, -0.2) is 0 Å². The lowest BCUT2D eigenvalue weighted by molar-refractivity contribution is -0.946. The summed E-state index contributed by atoms with van der Waals surface area (Å²) in [6.45, 7) is 3.09. The molecule has 88 valence electrons. The number of quaternary nitrogens is 1. The lowest BCUT2D eigenvalue weighted by atomic mass is 9.99. The maximum absolute atomic E-state index is 10.3. The predicted octanol–water partition coefficient (Wildman–Crippen LogP) is 1.88. The first kappa shape index (κ1) is 12.1. The van der Waals surface area contributed by atoms with E-state index < -0.39 is 3.79 Å². The standard InChI is InChI=1S/C11H21INO2/c1-13(7-3-2-4-8-13)10-6-5-9-15-11(10,12)14/h10,14H,2-9H2,1H3/q+1. The van der Waals surface area contributed by atoms with Gasteiger partial charge in [0.1, 0.15) is 0 Å². The SMILES string of the molecule is C[N+]1(C2CCCOC2(O)I)CCCCC1. The number of likely N-dealkylation sites (N-methyl/N-ethyl adjacent to an activating group) is 1. The van der Waals surface area contributed by atoms with E-state index in [1.807, 2.05) is 0 Å². The molecule has 0 aliphatic carbocycles. The molecule has 4 heteroatoms. The Morgan fingerprint density at radius 2 is 1.93 bits per heavy atom. The molecule has 2 rings (SSSR count). The highest BCUT2D eigenvalue weighted by atomic mass is 127. The second-order valence-electron chi connectivity index (χ2n) is 5.10. The number of alkyl halides is 1. The molecule has 0 spiro atoms. The number of rotatable bonds is 1. The Morgan fingerprint density at radius 3 is 2.53 bits per heavy atom. The highest BCUT2D eigenvalue weighted by Gasteiger charge is 2.50. The molecule has 0 amide bonds. The second-order valence-corrected chi connectivity index (χ2v) is 6.65.